The van der Waals surface area contributed by atoms with Crippen molar-refractivity contribution in [2.75, 3.05) is 0 Å². The number of amides is 1. The molecule has 4 bridgehead atoms. The Hall–Kier alpha value is -1.78. The summed E-state index contributed by atoms with van der Waals surface area (Å²) in [4.78, 5) is 12.4. The largest absolute Gasteiger partial charge is 0.416 e. The molecule has 4 aliphatic carbocycles. The summed E-state index contributed by atoms with van der Waals surface area (Å²) in [6.45, 7) is 2.12. The van der Waals surface area contributed by atoms with E-state index in [1.165, 1.54) is 56.7 Å². The van der Waals surface area contributed by atoms with Gasteiger partial charge < -0.3 is 5.32 Å². The van der Waals surface area contributed by atoms with Gasteiger partial charge in [-0.3, -0.25) is 4.79 Å². The number of rotatable bonds is 4. The van der Waals surface area contributed by atoms with Crippen LogP contribution in [0, 0.1) is 23.2 Å². The third-order valence-electron chi connectivity index (χ3n) is 7.03. The highest BCUT2D eigenvalue weighted by atomic mass is 19.4. The molecule has 1 aromatic carbocycles. The SMILES string of the molecule is C[C@@H](NC(=O)/C=C/c1ccc(C(F)(F)F)cc1)C12CC3CC(CC(C3)C1)C2. The Morgan fingerprint density at radius 1 is 1.07 bits per heavy atom. The van der Waals surface area contributed by atoms with Gasteiger partial charge in [0.15, 0.2) is 0 Å². The van der Waals surface area contributed by atoms with Crippen LogP contribution in [0.5, 0.6) is 0 Å². The molecule has 0 heterocycles. The summed E-state index contributed by atoms with van der Waals surface area (Å²) < 4.78 is 37.8. The maximum Gasteiger partial charge on any atom is 0.416 e. The zero-order chi connectivity index (χ0) is 19.2. The van der Waals surface area contributed by atoms with E-state index in [9.17, 15) is 18.0 Å². The van der Waals surface area contributed by atoms with Crippen LogP contribution in [0.15, 0.2) is 30.3 Å². The van der Waals surface area contributed by atoms with E-state index < -0.39 is 11.7 Å². The second-order valence-electron chi connectivity index (χ2n) is 8.96. The summed E-state index contributed by atoms with van der Waals surface area (Å²) >= 11 is 0. The van der Waals surface area contributed by atoms with Crippen LogP contribution in [0.1, 0.15) is 56.6 Å². The van der Waals surface area contributed by atoms with Crippen molar-refractivity contribution in [3.05, 3.63) is 41.5 Å². The molecule has 0 saturated heterocycles. The van der Waals surface area contributed by atoms with Crippen LogP contribution in [0.2, 0.25) is 0 Å². The standard InChI is InChI=1S/C22H26F3NO/c1-14(21-11-16-8-17(12-21)10-18(9-16)13-21)26-20(27)7-4-15-2-5-19(6-3-15)22(23,24)25/h2-7,14,16-18H,8-13H2,1H3,(H,26,27)/b7-4+/t14-,16?,17?,18?,21?/m1/s1. The Labute approximate surface area is 158 Å². The third kappa shape index (κ3) is 3.78. The molecule has 0 aromatic heterocycles. The van der Waals surface area contributed by atoms with Crippen molar-refractivity contribution in [3.8, 4) is 0 Å². The molecular weight excluding hydrogens is 351 g/mol. The maximum atomic E-state index is 12.6. The third-order valence-corrected chi connectivity index (χ3v) is 7.03. The first kappa shape index (κ1) is 18.6. The molecule has 1 aromatic rings. The zero-order valence-corrected chi connectivity index (χ0v) is 15.6. The lowest BCUT2D eigenvalue weighted by Crippen LogP contribution is -2.55. The molecule has 5 heteroatoms. The van der Waals surface area contributed by atoms with Crippen LogP contribution in [0.25, 0.3) is 6.08 Å². The highest BCUT2D eigenvalue weighted by Gasteiger charge is 2.53. The van der Waals surface area contributed by atoms with Crippen molar-refractivity contribution in [1.29, 1.82) is 0 Å². The summed E-state index contributed by atoms with van der Waals surface area (Å²) in [5.74, 6) is 2.33. The monoisotopic (exact) mass is 377 g/mol. The Balaban J connectivity index is 1.37. The first-order chi connectivity index (χ1) is 12.7. The van der Waals surface area contributed by atoms with Gasteiger partial charge in [0.1, 0.15) is 0 Å². The normalized spacial score (nSPS) is 33.4. The second kappa shape index (κ2) is 6.68. The molecule has 27 heavy (non-hydrogen) atoms. The summed E-state index contributed by atoms with van der Waals surface area (Å²) in [6, 6.07) is 4.98. The van der Waals surface area contributed by atoms with Crippen molar-refractivity contribution in [2.24, 2.45) is 23.2 Å². The Bertz CT molecular complexity index is 700. The van der Waals surface area contributed by atoms with Gasteiger partial charge in [-0.25, -0.2) is 0 Å². The van der Waals surface area contributed by atoms with Crippen LogP contribution in [0.3, 0.4) is 0 Å². The van der Waals surface area contributed by atoms with Crippen molar-refractivity contribution < 1.29 is 18.0 Å². The molecular formula is C22H26F3NO. The fourth-order valence-corrected chi connectivity index (χ4v) is 6.08. The average Bonchev–Trinajstić information content (AvgIpc) is 2.58. The number of alkyl halides is 3. The molecule has 0 aliphatic heterocycles. The lowest BCUT2D eigenvalue weighted by molar-refractivity contribution is -0.137. The number of benzene rings is 1. The number of carbonyl (C=O) groups is 1. The topological polar surface area (TPSA) is 29.1 Å². The summed E-state index contributed by atoms with van der Waals surface area (Å²) in [5, 5.41) is 3.14. The zero-order valence-electron chi connectivity index (χ0n) is 15.6. The van der Waals surface area contributed by atoms with E-state index in [0.29, 0.717) is 5.56 Å². The van der Waals surface area contributed by atoms with E-state index >= 15 is 0 Å². The number of nitrogens with one attached hydrogen (secondary N) is 1. The molecule has 0 spiro atoms. The van der Waals surface area contributed by atoms with Crippen molar-refractivity contribution in [1.82, 2.24) is 5.32 Å². The number of hydrogen-bond acceptors (Lipinski definition) is 1. The Morgan fingerprint density at radius 2 is 1.59 bits per heavy atom. The van der Waals surface area contributed by atoms with Gasteiger partial charge in [0, 0.05) is 12.1 Å². The Kier molecular flexibility index (Phi) is 4.59. The van der Waals surface area contributed by atoms with Gasteiger partial charge in [0.05, 0.1) is 5.56 Å². The molecule has 5 rings (SSSR count). The molecule has 4 aliphatic rings. The molecule has 1 amide bonds. The van der Waals surface area contributed by atoms with Gasteiger partial charge in [-0.2, -0.15) is 13.2 Å². The molecule has 2 nitrogen and oxygen atoms in total. The smallest absolute Gasteiger partial charge is 0.350 e. The number of carbonyl (C=O) groups excluding carboxylic acids is 1. The lowest BCUT2D eigenvalue weighted by atomic mass is 9.48. The van der Waals surface area contributed by atoms with Crippen LogP contribution in [-0.2, 0) is 11.0 Å². The van der Waals surface area contributed by atoms with Crippen LogP contribution in [0.4, 0.5) is 13.2 Å². The lowest BCUT2D eigenvalue weighted by Gasteiger charge is -2.59. The maximum absolute atomic E-state index is 12.6. The average molecular weight is 377 g/mol. The predicted molar refractivity (Wildman–Crippen MR) is 98.7 cm³/mol. The van der Waals surface area contributed by atoms with Crippen molar-refractivity contribution in [2.45, 2.75) is 57.7 Å². The van der Waals surface area contributed by atoms with Gasteiger partial charge in [-0.1, -0.05) is 12.1 Å². The van der Waals surface area contributed by atoms with Crippen LogP contribution < -0.4 is 5.32 Å². The quantitative estimate of drug-likeness (QED) is 0.696. The predicted octanol–water partition coefficient (Wildman–Crippen LogP) is 5.44. The summed E-state index contributed by atoms with van der Waals surface area (Å²) in [6.07, 6.45) is 6.44. The van der Waals surface area contributed by atoms with E-state index in [4.69, 9.17) is 0 Å². The van der Waals surface area contributed by atoms with Crippen LogP contribution >= 0.6 is 0 Å². The second-order valence-corrected chi connectivity index (χ2v) is 8.96. The van der Waals surface area contributed by atoms with E-state index in [1.807, 2.05) is 0 Å². The fourth-order valence-electron chi connectivity index (χ4n) is 6.08. The molecule has 1 N–H and O–H groups in total. The van der Waals surface area contributed by atoms with Crippen molar-refractivity contribution >= 4 is 12.0 Å². The minimum atomic E-state index is -4.34. The molecule has 4 fully saturated rings. The first-order valence-corrected chi connectivity index (χ1v) is 9.89. The summed E-state index contributed by atoms with van der Waals surface area (Å²) in [5.41, 5.74) is 0.146. The van der Waals surface area contributed by atoms with Crippen LogP contribution in [-0.4, -0.2) is 11.9 Å². The minimum Gasteiger partial charge on any atom is -0.350 e. The summed E-state index contributed by atoms with van der Waals surface area (Å²) in [7, 11) is 0. The highest BCUT2D eigenvalue weighted by Crippen LogP contribution is 2.61. The first-order valence-electron chi connectivity index (χ1n) is 9.89. The van der Waals surface area contributed by atoms with Gasteiger partial charge >= 0.3 is 6.18 Å². The van der Waals surface area contributed by atoms with Gasteiger partial charge in [-0.15, -0.1) is 0 Å². The molecule has 0 unspecified atom stereocenters. The highest BCUT2D eigenvalue weighted by molar-refractivity contribution is 5.91. The number of halogens is 3. The van der Waals surface area contributed by atoms with Gasteiger partial charge in [0.2, 0.25) is 5.91 Å². The van der Waals surface area contributed by atoms with E-state index in [-0.39, 0.29) is 17.4 Å². The van der Waals surface area contributed by atoms with E-state index in [2.05, 4.69) is 12.2 Å². The van der Waals surface area contributed by atoms with Crippen molar-refractivity contribution in [3.63, 3.8) is 0 Å². The molecule has 146 valence electrons. The molecule has 1 atom stereocenters. The molecule has 0 radical (unpaired) electrons. The fraction of sp³-hybridized carbons (Fsp3) is 0.591. The van der Waals surface area contributed by atoms with E-state index in [1.54, 1.807) is 6.08 Å². The molecule has 4 saturated carbocycles. The van der Waals surface area contributed by atoms with Gasteiger partial charge in [-0.05, 0) is 92.4 Å². The van der Waals surface area contributed by atoms with E-state index in [0.717, 1.165) is 29.9 Å². The van der Waals surface area contributed by atoms with Gasteiger partial charge in [0.25, 0.3) is 0 Å². The number of hydrogen-bond donors (Lipinski definition) is 1. The minimum absolute atomic E-state index is 0.135. The Morgan fingerprint density at radius 3 is 2.07 bits per heavy atom.